The minimum Gasteiger partial charge on any atom is -0.497 e. The smallest absolute Gasteiger partial charge is 0.339 e. The SMILES string of the molecule is COc1ccc(C(=O)O)c(O[C@@H](C)C(=O)NCc2ccc(OC)c(OC)c2)c1. The molecule has 2 aromatic rings. The van der Waals surface area contributed by atoms with Crippen LogP contribution in [0.3, 0.4) is 0 Å². The van der Waals surface area contributed by atoms with Crippen LogP contribution in [0.5, 0.6) is 23.0 Å². The van der Waals surface area contributed by atoms with Crippen LogP contribution in [-0.4, -0.2) is 44.4 Å². The molecule has 0 spiro atoms. The van der Waals surface area contributed by atoms with Gasteiger partial charge in [0.2, 0.25) is 0 Å². The van der Waals surface area contributed by atoms with Crippen molar-refractivity contribution < 1.29 is 33.6 Å². The van der Waals surface area contributed by atoms with Crippen molar-refractivity contribution in [3.8, 4) is 23.0 Å². The summed E-state index contributed by atoms with van der Waals surface area (Å²) >= 11 is 0. The highest BCUT2D eigenvalue weighted by Crippen LogP contribution is 2.28. The molecule has 2 rings (SSSR count). The van der Waals surface area contributed by atoms with E-state index in [1.165, 1.54) is 39.3 Å². The Balaban J connectivity index is 2.05. The van der Waals surface area contributed by atoms with Crippen molar-refractivity contribution in [2.75, 3.05) is 21.3 Å². The number of ether oxygens (including phenoxy) is 4. The van der Waals surface area contributed by atoms with Crippen molar-refractivity contribution in [1.82, 2.24) is 5.32 Å². The van der Waals surface area contributed by atoms with Crippen LogP contribution in [0, 0.1) is 0 Å². The lowest BCUT2D eigenvalue weighted by atomic mass is 10.2. The van der Waals surface area contributed by atoms with E-state index >= 15 is 0 Å². The van der Waals surface area contributed by atoms with Gasteiger partial charge in [-0.1, -0.05) is 6.07 Å². The number of rotatable bonds is 9. The second-order valence-corrected chi connectivity index (χ2v) is 5.83. The number of carbonyl (C=O) groups excluding carboxylic acids is 1. The van der Waals surface area contributed by atoms with Crippen molar-refractivity contribution in [2.24, 2.45) is 0 Å². The van der Waals surface area contributed by atoms with E-state index in [9.17, 15) is 14.7 Å². The van der Waals surface area contributed by atoms with Crippen LogP contribution in [0.25, 0.3) is 0 Å². The van der Waals surface area contributed by atoms with Crippen molar-refractivity contribution in [3.63, 3.8) is 0 Å². The number of hydrogen-bond acceptors (Lipinski definition) is 6. The van der Waals surface area contributed by atoms with Gasteiger partial charge in [-0.25, -0.2) is 4.79 Å². The van der Waals surface area contributed by atoms with Gasteiger partial charge in [-0.2, -0.15) is 0 Å². The number of methoxy groups -OCH3 is 3. The topological polar surface area (TPSA) is 103 Å². The van der Waals surface area contributed by atoms with E-state index in [0.29, 0.717) is 17.2 Å². The normalized spacial score (nSPS) is 11.3. The van der Waals surface area contributed by atoms with E-state index in [0.717, 1.165) is 5.56 Å². The molecule has 0 bridgehead atoms. The molecule has 28 heavy (non-hydrogen) atoms. The summed E-state index contributed by atoms with van der Waals surface area (Å²) in [6.07, 6.45) is -0.912. The highest BCUT2D eigenvalue weighted by Gasteiger charge is 2.19. The van der Waals surface area contributed by atoms with Gasteiger partial charge in [-0.15, -0.1) is 0 Å². The van der Waals surface area contributed by atoms with Crippen molar-refractivity contribution in [1.29, 1.82) is 0 Å². The van der Waals surface area contributed by atoms with Crippen LogP contribution in [0.2, 0.25) is 0 Å². The lowest BCUT2D eigenvalue weighted by molar-refractivity contribution is -0.127. The highest BCUT2D eigenvalue weighted by atomic mass is 16.5. The third-order valence-corrected chi connectivity index (χ3v) is 4.01. The van der Waals surface area contributed by atoms with Crippen LogP contribution in [0.1, 0.15) is 22.8 Å². The molecule has 0 saturated carbocycles. The van der Waals surface area contributed by atoms with Crippen molar-refractivity contribution in [3.05, 3.63) is 47.5 Å². The van der Waals surface area contributed by atoms with E-state index < -0.39 is 18.0 Å². The van der Waals surface area contributed by atoms with E-state index in [1.807, 2.05) is 0 Å². The quantitative estimate of drug-likeness (QED) is 0.679. The fraction of sp³-hybridized carbons (Fsp3) is 0.300. The van der Waals surface area contributed by atoms with E-state index in [2.05, 4.69) is 5.32 Å². The predicted octanol–water partition coefficient (Wildman–Crippen LogP) is 2.49. The van der Waals surface area contributed by atoms with Gasteiger partial charge in [-0.05, 0) is 36.8 Å². The molecule has 0 saturated heterocycles. The van der Waals surface area contributed by atoms with Crippen LogP contribution < -0.4 is 24.3 Å². The molecule has 1 atom stereocenters. The zero-order valence-electron chi connectivity index (χ0n) is 16.1. The number of nitrogens with one attached hydrogen (secondary N) is 1. The zero-order valence-corrected chi connectivity index (χ0v) is 16.1. The molecule has 0 radical (unpaired) electrons. The number of hydrogen-bond donors (Lipinski definition) is 2. The van der Waals surface area contributed by atoms with Crippen molar-refractivity contribution in [2.45, 2.75) is 19.6 Å². The summed E-state index contributed by atoms with van der Waals surface area (Å²) in [6.45, 7) is 1.78. The molecule has 0 aliphatic rings. The van der Waals surface area contributed by atoms with Gasteiger partial charge in [0.05, 0.1) is 21.3 Å². The molecule has 8 heteroatoms. The largest absolute Gasteiger partial charge is 0.497 e. The number of amides is 1. The van der Waals surface area contributed by atoms with Crippen LogP contribution in [0.4, 0.5) is 0 Å². The average Bonchev–Trinajstić information content (AvgIpc) is 2.71. The van der Waals surface area contributed by atoms with Crippen molar-refractivity contribution >= 4 is 11.9 Å². The fourth-order valence-electron chi connectivity index (χ4n) is 2.47. The molecule has 8 nitrogen and oxygen atoms in total. The summed E-state index contributed by atoms with van der Waals surface area (Å²) < 4.78 is 21.1. The van der Waals surface area contributed by atoms with Crippen LogP contribution in [-0.2, 0) is 11.3 Å². The Labute approximate surface area is 163 Å². The lowest BCUT2D eigenvalue weighted by Crippen LogP contribution is -2.36. The van der Waals surface area contributed by atoms with Crippen LogP contribution in [0.15, 0.2) is 36.4 Å². The molecule has 0 aromatic heterocycles. The molecule has 0 aliphatic carbocycles. The van der Waals surface area contributed by atoms with E-state index in [1.54, 1.807) is 25.3 Å². The summed E-state index contributed by atoms with van der Waals surface area (Å²) in [6, 6.07) is 9.62. The first-order valence-corrected chi connectivity index (χ1v) is 8.46. The van der Waals surface area contributed by atoms with Gasteiger partial charge in [0.15, 0.2) is 17.6 Å². The molecule has 2 N–H and O–H groups in total. The minimum absolute atomic E-state index is 0.0552. The average molecular weight is 389 g/mol. The molecule has 0 heterocycles. The Morgan fingerprint density at radius 1 is 0.964 bits per heavy atom. The molecule has 150 valence electrons. The van der Waals surface area contributed by atoms with E-state index in [4.69, 9.17) is 18.9 Å². The van der Waals surface area contributed by atoms with Gasteiger partial charge in [0, 0.05) is 12.6 Å². The number of aromatic carboxylic acids is 1. The standard InChI is InChI=1S/C20H23NO7/c1-12(28-17-10-14(25-2)6-7-15(17)20(23)24)19(22)21-11-13-5-8-16(26-3)18(9-13)27-4/h5-10,12H,11H2,1-4H3,(H,21,22)(H,23,24)/t12-/m0/s1. The van der Waals surface area contributed by atoms with Gasteiger partial charge >= 0.3 is 5.97 Å². The lowest BCUT2D eigenvalue weighted by Gasteiger charge is -2.17. The van der Waals surface area contributed by atoms with E-state index in [-0.39, 0.29) is 17.9 Å². The molecular weight excluding hydrogens is 366 g/mol. The monoisotopic (exact) mass is 389 g/mol. The van der Waals surface area contributed by atoms with Gasteiger partial charge < -0.3 is 29.4 Å². The second kappa shape index (κ2) is 9.50. The zero-order chi connectivity index (χ0) is 20.7. The van der Waals surface area contributed by atoms with Gasteiger partial charge in [-0.3, -0.25) is 4.79 Å². The Morgan fingerprint density at radius 2 is 1.68 bits per heavy atom. The fourth-order valence-corrected chi connectivity index (χ4v) is 2.47. The number of benzene rings is 2. The molecule has 2 aromatic carbocycles. The maximum absolute atomic E-state index is 12.4. The summed E-state index contributed by atoms with van der Waals surface area (Å²) in [5.74, 6) is 0.0811. The number of carbonyl (C=O) groups is 2. The summed E-state index contributed by atoms with van der Waals surface area (Å²) in [7, 11) is 4.53. The molecular formula is C20H23NO7. The van der Waals surface area contributed by atoms with Crippen LogP contribution >= 0.6 is 0 Å². The Kier molecular flexibility index (Phi) is 7.08. The maximum Gasteiger partial charge on any atom is 0.339 e. The molecule has 0 aliphatic heterocycles. The second-order valence-electron chi connectivity index (χ2n) is 5.83. The predicted molar refractivity (Wildman–Crippen MR) is 101 cm³/mol. The first-order chi connectivity index (χ1) is 13.4. The summed E-state index contributed by atoms with van der Waals surface area (Å²) in [4.78, 5) is 23.7. The molecule has 0 unspecified atom stereocenters. The molecule has 0 fully saturated rings. The minimum atomic E-state index is -1.16. The summed E-state index contributed by atoms with van der Waals surface area (Å²) in [5, 5.41) is 12.0. The highest BCUT2D eigenvalue weighted by molar-refractivity contribution is 5.91. The molecule has 1 amide bonds. The van der Waals surface area contributed by atoms with Gasteiger partial charge in [0.1, 0.15) is 17.1 Å². The Morgan fingerprint density at radius 3 is 2.29 bits per heavy atom. The Hall–Kier alpha value is -3.42. The summed E-state index contributed by atoms with van der Waals surface area (Å²) in [5.41, 5.74) is 0.756. The maximum atomic E-state index is 12.4. The number of carboxylic acid groups (broad SMARTS) is 1. The first-order valence-electron chi connectivity index (χ1n) is 8.46. The Bertz CT molecular complexity index is 850. The first kappa shape index (κ1) is 20.9. The van der Waals surface area contributed by atoms with Gasteiger partial charge in [0.25, 0.3) is 5.91 Å². The third kappa shape index (κ3) is 5.06. The number of carboxylic acids is 1. The third-order valence-electron chi connectivity index (χ3n) is 4.01.